The van der Waals surface area contributed by atoms with Crippen LogP contribution in [0.15, 0.2) is 48.7 Å². The van der Waals surface area contributed by atoms with Gasteiger partial charge in [0, 0.05) is 25.8 Å². The van der Waals surface area contributed by atoms with Gasteiger partial charge in [0.2, 0.25) is 0 Å². The first-order chi connectivity index (χ1) is 13.2. The van der Waals surface area contributed by atoms with Crippen LogP contribution in [-0.2, 0) is 17.8 Å². The molecule has 2 aromatic rings. The Kier molecular flexibility index (Phi) is 7.04. The number of nitrogens with zero attached hydrogens (tertiary/aromatic N) is 2. The molecule has 1 unspecified atom stereocenters. The zero-order valence-electron chi connectivity index (χ0n) is 15.8. The monoisotopic (exact) mass is 369 g/mol. The number of rotatable bonds is 7. The number of methoxy groups -OCH3 is 1. The first-order valence-electron chi connectivity index (χ1n) is 9.42. The molecule has 1 aromatic heterocycles. The second kappa shape index (κ2) is 9.92. The maximum atomic E-state index is 12.5. The van der Waals surface area contributed by atoms with Gasteiger partial charge in [0.1, 0.15) is 5.75 Å². The lowest BCUT2D eigenvalue weighted by Gasteiger charge is -2.32. The van der Waals surface area contributed by atoms with Gasteiger partial charge in [-0.1, -0.05) is 18.2 Å². The van der Waals surface area contributed by atoms with Crippen molar-refractivity contribution in [3.63, 3.8) is 0 Å². The van der Waals surface area contributed by atoms with Crippen LogP contribution in [0.3, 0.4) is 0 Å². The Morgan fingerprint density at radius 1 is 1.30 bits per heavy atom. The molecule has 6 nitrogen and oxygen atoms in total. The minimum atomic E-state index is -0.0240. The molecule has 27 heavy (non-hydrogen) atoms. The molecule has 0 bridgehead atoms. The smallest absolute Gasteiger partial charge is 0.317 e. The largest absolute Gasteiger partial charge is 0.497 e. The number of carbonyl (C=O) groups is 1. The lowest BCUT2D eigenvalue weighted by atomic mass is 10.1. The number of aromatic nitrogens is 1. The number of hydrogen-bond acceptors (Lipinski definition) is 4. The van der Waals surface area contributed by atoms with E-state index in [9.17, 15) is 4.79 Å². The number of nitrogens with one attached hydrogen (secondary N) is 1. The van der Waals surface area contributed by atoms with Crippen molar-refractivity contribution in [2.45, 2.75) is 32.0 Å². The van der Waals surface area contributed by atoms with Crippen molar-refractivity contribution in [1.29, 1.82) is 0 Å². The van der Waals surface area contributed by atoms with Gasteiger partial charge in [0.15, 0.2) is 0 Å². The van der Waals surface area contributed by atoms with Crippen molar-refractivity contribution in [1.82, 2.24) is 15.2 Å². The number of likely N-dealkylation sites (tertiary alicyclic amines) is 1. The minimum absolute atomic E-state index is 0.0240. The van der Waals surface area contributed by atoms with E-state index in [4.69, 9.17) is 9.47 Å². The van der Waals surface area contributed by atoms with E-state index < -0.39 is 0 Å². The molecule has 0 spiro atoms. The van der Waals surface area contributed by atoms with Gasteiger partial charge < -0.3 is 19.7 Å². The Labute approximate surface area is 160 Å². The van der Waals surface area contributed by atoms with E-state index >= 15 is 0 Å². The number of hydrogen-bond donors (Lipinski definition) is 1. The minimum Gasteiger partial charge on any atom is -0.497 e. The summed E-state index contributed by atoms with van der Waals surface area (Å²) in [4.78, 5) is 18.6. The Bertz CT molecular complexity index is 724. The molecular weight excluding hydrogens is 342 g/mol. The lowest BCUT2D eigenvalue weighted by molar-refractivity contribution is -0.00162. The highest BCUT2D eigenvalue weighted by Gasteiger charge is 2.24. The van der Waals surface area contributed by atoms with Crippen molar-refractivity contribution >= 4 is 6.03 Å². The maximum Gasteiger partial charge on any atom is 0.317 e. The Morgan fingerprint density at radius 2 is 2.22 bits per heavy atom. The SMILES string of the molecule is COc1cccc(CCNC(=O)N2CCCC(OCc3ccccn3)C2)c1. The molecule has 1 saturated heterocycles. The molecule has 0 aliphatic carbocycles. The van der Waals surface area contributed by atoms with Crippen molar-refractivity contribution in [3.05, 3.63) is 59.9 Å². The van der Waals surface area contributed by atoms with E-state index in [0.29, 0.717) is 19.7 Å². The average Bonchev–Trinajstić information content (AvgIpc) is 2.73. The van der Waals surface area contributed by atoms with Crippen molar-refractivity contribution < 1.29 is 14.3 Å². The van der Waals surface area contributed by atoms with E-state index in [1.54, 1.807) is 13.3 Å². The molecule has 0 saturated carbocycles. The summed E-state index contributed by atoms with van der Waals surface area (Å²) in [5.41, 5.74) is 2.06. The predicted octanol–water partition coefficient (Wildman–Crippen LogP) is 3.02. The van der Waals surface area contributed by atoms with Crippen LogP contribution in [0.5, 0.6) is 5.75 Å². The fourth-order valence-electron chi connectivity index (χ4n) is 3.20. The third-order valence-corrected chi connectivity index (χ3v) is 4.68. The summed E-state index contributed by atoms with van der Waals surface area (Å²) in [7, 11) is 1.66. The second-order valence-electron chi connectivity index (χ2n) is 6.68. The number of carbonyl (C=O) groups excluding carboxylic acids is 1. The Hall–Kier alpha value is -2.60. The normalized spacial score (nSPS) is 16.8. The fourth-order valence-corrected chi connectivity index (χ4v) is 3.20. The van der Waals surface area contributed by atoms with Gasteiger partial charge in [-0.05, 0) is 49.1 Å². The molecule has 1 N–H and O–H groups in total. The molecule has 1 aliphatic rings. The predicted molar refractivity (Wildman–Crippen MR) is 104 cm³/mol. The third kappa shape index (κ3) is 5.96. The number of amides is 2. The van der Waals surface area contributed by atoms with E-state index in [-0.39, 0.29) is 12.1 Å². The molecule has 2 amide bonds. The van der Waals surface area contributed by atoms with Gasteiger partial charge in [0.25, 0.3) is 0 Å². The summed E-state index contributed by atoms with van der Waals surface area (Å²) in [5.74, 6) is 0.836. The topological polar surface area (TPSA) is 63.7 Å². The standard InChI is InChI=1S/C21H27N3O3/c1-26-19-8-4-6-17(14-19)10-12-23-21(25)24-13-5-9-20(15-24)27-16-18-7-2-3-11-22-18/h2-4,6-8,11,14,20H,5,9-10,12-13,15-16H2,1H3,(H,23,25). The van der Waals surface area contributed by atoms with Crippen molar-refractivity contribution in [3.8, 4) is 5.75 Å². The van der Waals surface area contributed by atoms with Crippen LogP contribution in [0.2, 0.25) is 0 Å². The van der Waals surface area contributed by atoms with Gasteiger partial charge in [-0.3, -0.25) is 4.98 Å². The quantitative estimate of drug-likeness (QED) is 0.815. The lowest BCUT2D eigenvalue weighted by Crippen LogP contribution is -2.48. The molecule has 1 atom stereocenters. The number of urea groups is 1. The van der Waals surface area contributed by atoms with Gasteiger partial charge in [-0.2, -0.15) is 0 Å². The van der Waals surface area contributed by atoms with Crippen molar-refractivity contribution in [2.75, 3.05) is 26.7 Å². The van der Waals surface area contributed by atoms with Gasteiger partial charge >= 0.3 is 6.03 Å². The summed E-state index contributed by atoms with van der Waals surface area (Å²) in [6, 6.07) is 13.7. The van der Waals surface area contributed by atoms with E-state index in [0.717, 1.165) is 42.8 Å². The third-order valence-electron chi connectivity index (χ3n) is 4.68. The number of ether oxygens (including phenoxy) is 2. The highest BCUT2D eigenvalue weighted by molar-refractivity contribution is 5.74. The fraction of sp³-hybridized carbons (Fsp3) is 0.429. The zero-order valence-corrected chi connectivity index (χ0v) is 15.8. The highest BCUT2D eigenvalue weighted by atomic mass is 16.5. The molecular formula is C21H27N3O3. The molecule has 3 rings (SSSR count). The molecule has 0 radical (unpaired) electrons. The maximum absolute atomic E-state index is 12.5. The van der Waals surface area contributed by atoms with Crippen LogP contribution in [0.4, 0.5) is 4.79 Å². The van der Waals surface area contributed by atoms with Crippen LogP contribution in [-0.4, -0.2) is 48.8 Å². The van der Waals surface area contributed by atoms with Gasteiger partial charge in [-0.15, -0.1) is 0 Å². The number of benzene rings is 1. The molecule has 2 heterocycles. The first-order valence-corrected chi connectivity index (χ1v) is 9.42. The molecule has 1 fully saturated rings. The van der Waals surface area contributed by atoms with E-state index in [2.05, 4.69) is 10.3 Å². The highest BCUT2D eigenvalue weighted by Crippen LogP contribution is 2.15. The van der Waals surface area contributed by atoms with E-state index in [1.165, 1.54) is 0 Å². The molecule has 1 aromatic carbocycles. The Balaban J connectivity index is 1.41. The Morgan fingerprint density at radius 3 is 3.04 bits per heavy atom. The second-order valence-corrected chi connectivity index (χ2v) is 6.68. The van der Waals surface area contributed by atoms with Gasteiger partial charge in [-0.25, -0.2) is 4.79 Å². The summed E-state index contributed by atoms with van der Waals surface area (Å²) < 4.78 is 11.2. The molecule has 1 aliphatic heterocycles. The summed E-state index contributed by atoms with van der Waals surface area (Å²) in [6.07, 6.45) is 4.53. The van der Waals surface area contributed by atoms with Crippen LogP contribution in [0, 0.1) is 0 Å². The van der Waals surface area contributed by atoms with Crippen LogP contribution >= 0.6 is 0 Å². The zero-order chi connectivity index (χ0) is 18.9. The van der Waals surface area contributed by atoms with Crippen LogP contribution in [0.25, 0.3) is 0 Å². The van der Waals surface area contributed by atoms with Crippen LogP contribution < -0.4 is 10.1 Å². The number of pyridine rings is 1. The molecule has 6 heteroatoms. The number of piperidine rings is 1. The van der Waals surface area contributed by atoms with Gasteiger partial charge in [0.05, 0.1) is 25.5 Å². The average molecular weight is 369 g/mol. The summed E-state index contributed by atoms with van der Waals surface area (Å²) >= 11 is 0. The van der Waals surface area contributed by atoms with E-state index in [1.807, 2.05) is 47.4 Å². The summed E-state index contributed by atoms with van der Waals surface area (Å²) in [6.45, 7) is 2.48. The first kappa shape index (κ1) is 19.2. The molecule has 144 valence electrons. The summed E-state index contributed by atoms with van der Waals surface area (Å²) in [5, 5.41) is 3.01. The van der Waals surface area contributed by atoms with Crippen LogP contribution in [0.1, 0.15) is 24.1 Å². The van der Waals surface area contributed by atoms with Crippen molar-refractivity contribution in [2.24, 2.45) is 0 Å².